The molecular weight excluding hydrogens is 312 g/mol. The molecule has 0 unspecified atom stereocenters. The first kappa shape index (κ1) is 13.5. The first-order valence-corrected chi connectivity index (χ1v) is 6.32. The zero-order valence-corrected chi connectivity index (χ0v) is 12.0. The number of oxazole rings is 1. The van der Waals surface area contributed by atoms with Gasteiger partial charge < -0.3 is 9.15 Å². The number of rotatable bonds is 3. The molecule has 0 aliphatic carbocycles. The summed E-state index contributed by atoms with van der Waals surface area (Å²) in [6.07, 6.45) is 4.58. The van der Waals surface area contributed by atoms with Crippen LogP contribution in [0.1, 0.15) is 24.3 Å². The first-order chi connectivity index (χ1) is 9.10. The molecule has 2 rings (SSSR count). The Morgan fingerprint density at radius 1 is 1.53 bits per heavy atom. The molecule has 5 nitrogen and oxygen atoms in total. The van der Waals surface area contributed by atoms with Gasteiger partial charge in [0.2, 0.25) is 5.89 Å². The van der Waals surface area contributed by atoms with Crippen LogP contribution in [0.3, 0.4) is 0 Å². The third kappa shape index (κ3) is 3.29. The molecule has 0 atom stereocenters. The SMILES string of the molecule is C/C=C(/C)OC(=O)c1coc(-c2ccnc(Br)c2)n1. The number of halogens is 1. The zero-order valence-electron chi connectivity index (χ0n) is 10.4. The zero-order chi connectivity index (χ0) is 13.8. The standard InChI is InChI=1S/C13H11BrN2O3/c1-3-8(2)19-13(17)10-7-18-12(16-10)9-4-5-15-11(14)6-9/h3-7H,1-2H3/b8-3-. The van der Waals surface area contributed by atoms with Crippen molar-refractivity contribution in [3.05, 3.63) is 46.7 Å². The predicted octanol–water partition coefficient (Wildman–Crippen LogP) is 3.58. The van der Waals surface area contributed by atoms with Crippen molar-refractivity contribution in [2.45, 2.75) is 13.8 Å². The smallest absolute Gasteiger partial charge is 0.365 e. The van der Waals surface area contributed by atoms with E-state index in [0.29, 0.717) is 16.3 Å². The molecule has 0 aliphatic rings. The number of carbonyl (C=O) groups is 1. The molecule has 2 heterocycles. The first-order valence-electron chi connectivity index (χ1n) is 5.52. The van der Waals surface area contributed by atoms with Crippen LogP contribution in [0.2, 0.25) is 0 Å². The Kier molecular flexibility index (Phi) is 4.11. The monoisotopic (exact) mass is 322 g/mol. The van der Waals surface area contributed by atoms with Gasteiger partial charge in [-0.3, -0.25) is 0 Å². The molecule has 0 saturated heterocycles. The van der Waals surface area contributed by atoms with Gasteiger partial charge in [0, 0.05) is 11.8 Å². The maximum atomic E-state index is 11.7. The third-order valence-corrected chi connectivity index (χ3v) is 2.78. The summed E-state index contributed by atoms with van der Waals surface area (Å²) in [4.78, 5) is 19.8. The van der Waals surface area contributed by atoms with Crippen LogP contribution >= 0.6 is 15.9 Å². The number of esters is 1. The lowest BCUT2D eigenvalue weighted by atomic mass is 10.3. The molecule has 2 aromatic heterocycles. The molecule has 0 aromatic carbocycles. The maximum absolute atomic E-state index is 11.7. The van der Waals surface area contributed by atoms with Crippen molar-refractivity contribution in [1.82, 2.24) is 9.97 Å². The molecule has 6 heteroatoms. The van der Waals surface area contributed by atoms with Crippen molar-refractivity contribution < 1.29 is 13.9 Å². The van der Waals surface area contributed by atoms with Gasteiger partial charge in [-0.15, -0.1) is 0 Å². The Balaban J connectivity index is 2.22. The Morgan fingerprint density at radius 3 is 3.00 bits per heavy atom. The molecule has 0 aliphatic heterocycles. The van der Waals surface area contributed by atoms with Crippen molar-refractivity contribution in [2.24, 2.45) is 0 Å². The van der Waals surface area contributed by atoms with Crippen LogP contribution in [0.4, 0.5) is 0 Å². The second-order valence-electron chi connectivity index (χ2n) is 3.69. The fourth-order valence-electron chi connectivity index (χ4n) is 1.29. The average molecular weight is 323 g/mol. The van der Waals surface area contributed by atoms with E-state index in [1.165, 1.54) is 6.26 Å². The molecule has 0 spiro atoms. The number of hydrogen-bond donors (Lipinski definition) is 0. The average Bonchev–Trinajstić information content (AvgIpc) is 2.88. The second kappa shape index (κ2) is 5.79. The van der Waals surface area contributed by atoms with Crippen molar-refractivity contribution >= 4 is 21.9 Å². The summed E-state index contributed by atoms with van der Waals surface area (Å²) in [5, 5.41) is 0. The van der Waals surface area contributed by atoms with E-state index in [-0.39, 0.29) is 5.69 Å². The molecule has 0 radical (unpaired) electrons. The van der Waals surface area contributed by atoms with E-state index in [1.54, 1.807) is 38.3 Å². The minimum atomic E-state index is -0.543. The maximum Gasteiger partial charge on any atom is 0.365 e. The number of carbonyl (C=O) groups excluding carboxylic acids is 1. The summed E-state index contributed by atoms with van der Waals surface area (Å²) in [5.74, 6) is 0.313. The fraction of sp³-hybridized carbons (Fsp3) is 0.154. The molecule has 0 amide bonds. The van der Waals surface area contributed by atoms with Crippen LogP contribution in [-0.2, 0) is 4.74 Å². The second-order valence-corrected chi connectivity index (χ2v) is 4.51. The van der Waals surface area contributed by atoms with Gasteiger partial charge >= 0.3 is 5.97 Å². The van der Waals surface area contributed by atoms with Crippen LogP contribution in [0.25, 0.3) is 11.5 Å². The number of hydrogen-bond acceptors (Lipinski definition) is 5. The van der Waals surface area contributed by atoms with E-state index in [4.69, 9.17) is 9.15 Å². The lowest BCUT2D eigenvalue weighted by Gasteiger charge is -1.99. The quantitative estimate of drug-likeness (QED) is 0.491. The van der Waals surface area contributed by atoms with Gasteiger partial charge in [-0.05, 0) is 48.0 Å². The Hall–Kier alpha value is -1.95. The van der Waals surface area contributed by atoms with Crippen LogP contribution in [0, 0.1) is 0 Å². The normalized spacial score (nSPS) is 11.4. The fourth-order valence-corrected chi connectivity index (χ4v) is 1.66. The highest BCUT2D eigenvalue weighted by atomic mass is 79.9. The molecule has 0 fully saturated rings. The van der Waals surface area contributed by atoms with Crippen LogP contribution in [-0.4, -0.2) is 15.9 Å². The Morgan fingerprint density at radius 2 is 2.32 bits per heavy atom. The van der Waals surface area contributed by atoms with Gasteiger partial charge in [0.15, 0.2) is 5.69 Å². The topological polar surface area (TPSA) is 65.2 Å². The number of aromatic nitrogens is 2. The lowest BCUT2D eigenvalue weighted by molar-refractivity contribution is 0.0619. The number of ether oxygens (including phenoxy) is 1. The van der Waals surface area contributed by atoms with Gasteiger partial charge in [0.25, 0.3) is 0 Å². The number of nitrogens with zero attached hydrogens (tertiary/aromatic N) is 2. The van der Waals surface area contributed by atoms with E-state index in [1.807, 2.05) is 0 Å². The summed E-state index contributed by atoms with van der Waals surface area (Å²) >= 11 is 3.26. The summed E-state index contributed by atoms with van der Waals surface area (Å²) in [6.45, 7) is 3.48. The van der Waals surface area contributed by atoms with Gasteiger partial charge in [-0.1, -0.05) is 0 Å². The summed E-state index contributed by atoms with van der Waals surface area (Å²) in [5.41, 5.74) is 0.854. The summed E-state index contributed by atoms with van der Waals surface area (Å²) in [6, 6.07) is 3.49. The van der Waals surface area contributed by atoms with Gasteiger partial charge in [-0.2, -0.15) is 0 Å². The van der Waals surface area contributed by atoms with E-state index >= 15 is 0 Å². The highest BCUT2D eigenvalue weighted by Gasteiger charge is 2.15. The number of allylic oxidation sites excluding steroid dienone is 2. The number of pyridine rings is 1. The summed E-state index contributed by atoms with van der Waals surface area (Å²) < 4.78 is 11.0. The van der Waals surface area contributed by atoms with Crippen LogP contribution in [0.15, 0.2) is 45.4 Å². The largest absolute Gasteiger partial charge is 0.444 e. The minimum absolute atomic E-state index is 0.129. The predicted molar refractivity (Wildman–Crippen MR) is 72.3 cm³/mol. The van der Waals surface area contributed by atoms with Gasteiger partial charge in [-0.25, -0.2) is 14.8 Å². The third-order valence-electron chi connectivity index (χ3n) is 2.35. The van der Waals surface area contributed by atoms with Crippen LogP contribution in [0.5, 0.6) is 0 Å². The Labute approximate surface area is 118 Å². The highest BCUT2D eigenvalue weighted by molar-refractivity contribution is 9.10. The van der Waals surface area contributed by atoms with Crippen molar-refractivity contribution in [3.63, 3.8) is 0 Å². The molecular formula is C13H11BrN2O3. The van der Waals surface area contributed by atoms with E-state index in [9.17, 15) is 4.79 Å². The Bertz CT molecular complexity index is 634. The van der Waals surface area contributed by atoms with E-state index in [0.717, 1.165) is 5.56 Å². The van der Waals surface area contributed by atoms with Crippen molar-refractivity contribution in [2.75, 3.05) is 0 Å². The van der Waals surface area contributed by atoms with Crippen LogP contribution < -0.4 is 0 Å². The van der Waals surface area contributed by atoms with Gasteiger partial charge in [0.05, 0.1) is 0 Å². The van der Waals surface area contributed by atoms with Gasteiger partial charge in [0.1, 0.15) is 16.6 Å². The van der Waals surface area contributed by atoms with E-state index in [2.05, 4.69) is 25.9 Å². The molecule has 2 aromatic rings. The van der Waals surface area contributed by atoms with Crippen molar-refractivity contribution in [1.29, 1.82) is 0 Å². The van der Waals surface area contributed by atoms with Crippen molar-refractivity contribution in [3.8, 4) is 11.5 Å². The molecule has 19 heavy (non-hydrogen) atoms. The molecule has 0 saturated carbocycles. The lowest BCUT2D eigenvalue weighted by Crippen LogP contribution is -2.03. The molecule has 0 bridgehead atoms. The van der Waals surface area contributed by atoms with E-state index < -0.39 is 5.97 Å². The summed E-state index contributed by atoms with van der Waals surface area (Å²) in [7, 11) is 0. The minimum Gasteiger partial charge on any atom is -0.444 e. The molecule has 0 N–H and O–H groups in total. The molecule has 98 valence electrons. The highest BCUT2D eigenvalue weighted by Crippen LogP contribution is 2.21.